The lowest BCUT2D eigenvalue weighted by Gasteiger charge is -2.08. The number of carbonyl (C=O) groups excluding carboxylic acids is 1. The Morgan fingerprint density at radius 2 is 2.24 bits per heavy atom. The van der Waals surface area contributed by atoms with Gasteiger partial charge in [-0.1, -0.05) is 23.7 Å². The molecule has 94 valence electrons. The highest BCUT2D eigenvalue weighted by molar-refractivity contribution is 6.31. The topological polar surface area (TPSA) is 26.3 Å². The molecule has 0 aliphatic heterocycles. The Balaban J connectivity index is 2.54. The maximum Gasteiger partial charge on any atom is 0.142 e. The molecular weight excluding hydrogens is 243 g/mol. The second-order valence-electron chi connectivity index (χ2n) is 4.01. The maximum atomic E-state index is 13.1. The van der Waals surface area contributed by atoms with Crippen LogP contribution in [0.25, 0.3) is 0 Å². The molecule has 0 aliphatic rings. The molecule has 2 nitrogen and oxygen atoms in total. The van der Waals surface area contributed by atoms with E-state index in [4.69, 9.17) is 16.3 Å². The Bertz CT molecular complexity index is 393. The molecule has 0 aliphatic carbocycles. The number of hydrogen-bond acceptors (Lipinski definition) is 2. The maximum absolute atomic E-state index is 13.1. The van der Waals surface area contributed by atoms with E-state index in [0.29, 0.717) is 18.4 Å². The second-order valence-corrected chi connectivity index (χ2v) is 4.39. The van der Waals surface area contributed by atoms with Crippen LogP contribution in [0.15, 0.2) is 18.2 Å². The fourth-order valence-corrected chi connectivity index (χ4v) is 1.66. The van der Waals surface area contributed by atoms with Gasteiger partial charge in [0.05, 0.1) is 11.1 Å². The van der Waals surface area contributed by atoms with E-state index in [1.54, 1.807) is 19.2 Å². The Labute approximate surface area is 106 Å². The molecule has 1 aromatic carbocycles. The molecule has 0 saturated carbocycles. The number of ketones is 1. The van der Waals surface area contributed by atoms with E-state index < -0.39 is 5.82 Å². The Kier molecular flexibility index (Phi) is 5.59. The van der Waals surface area contributed by atoms with Gasteiger partial charge in [0.1, 0.15) is 11.6 Å². The number of halogens is 2. The highest BCUT2D eigenvalue weighted by Crippen LogP contribution is 2.20. The molecule has 0 bridgehead atoms. The van der Waals surface area contributed by atoms with Crippen molar-refractivity contribution >= 4 is 17.4 Å². The normalized spacial score (nSPS) is 12.5. The minimum atomic E-state index is -0.484. The third-order valence-electron chi connectivity index (χ3n) is 2.65. The molecule has 0 saturated heterocycles. The summed E-state index contributed by atoms with van der Waals surface area (Å²) in [6.45, 7) is 1.91. The average Bonchev–Trinajstić information content (AvgIpc) is 2.32. The number of carbonyl (C=O) groups is 1. The van der Waals surface area contributed by atoms with Crippen LogP contribution >= 0.6 is 11.6 Å². The fraction of sp³-hybridized carbons (Fsp3) is 0.462. The van der Waals surface area contributed by atoms with Gasteiger partial charge in [0, 0.05) is 20.0 Å². The van der Waals surface area contributed by atoms with Crippen LogP contribution in [0, 0.1) is 5.82 Å². The van der Waals surface area contributed by atoms with Gasteiger partial charge in [0.15, 0.2) is 0 Å². The van der Waals surface area contributed by atoms with Crippen molar-refractivity contribution in [1.82, 2.24) is 0 Å². The summed E-state index contributed by atoms with van der Waals surface area (Å²) in [6, 6.07) is 4.51. The second kappa shape index (κ2) is 6.72. The van der Waals surface area contributed by atoms with E-state index in [9.17, 15) is 9.18 Å². The Morgan fingerprint density at radius 3 is 2.88 bits per heavy atom. The summed E-state index contributed by atoms with van der Waals surface area (Å²) in [5, 5.41) is 0.0423. The van der Waals surface area contributed by atoms with Crippen molar-refractivity contribution in [2.45, 2.75) is 32.3 Å². The number of methoxy groups -OCH3 is 1. The summed E-state index contributed by atoms with van der Waals surface area (Å²) in [5.74, 6) is -0.441. The van der Waals surface area contributed by atoms with Crippen LogP contribution in [0.3, 0.4) is 0 Å². The number of benzene rings is 1. The van der Waals surface area contributed by atoms with Gasteiger partial charge in [0.25, 0.3) is 0 Å². The van der Waals surface area contributed by atoms with E-state index >= 15 is 0 Å². The SMILES string of the molecule is COC(C)CCC(=O)Cc1cccc(F)c1Cl. The fourth-order valence-electron chi connectivity index (χ4n) is 1.47. The molecular formula is C13H16ClFO2. The van der Waals surface area contributed by atoms with Gasteiger partial charge in [-0.15, -0.1) is 0 Å². The lowest BCUT2D eigenvalue weighted by Crippen LogP contribution is -2.10. The van der Waals surface area contributed by atoms with Crippen LogP contribution < -0.4 is 0 Å². The summed E-state index contributed by atoms with van der Waals surface area (Å²) in [6.07, 6.45) is 1.32. The quantitative estimate of drug-likeness (QED) is 0.782. The molecule has 0 N–H and O–H groups in total. The van der Waals surface area contributed by atoms with Crippen molar-refractivity contribution in [3.8, 4) is 0 Å². The smallest absolute Gasteiger partial charge is 0.142 e. The Hall–Kier alpha value is -0.930. The molecule has 1 atom stereocenters. The summed E-state index contributed by atoms with van der Waals surface area (Å²) < 4.78 is 18.2. The number of Topliss-reactive ketones (excluding diaryl/α,β-unsaturated/α-hetero) is 1. The molecule has 17 heavy (non-hydrogen) atoms. The molecule has 0 radical (unpaired) electrons. The minimum absolute atomic E-state index is 0.0423. The first-order chi connectivity index (χ1) is 8.04. The van der Waals surface area contributed by atoms with Crippen molar-refractivity contribution in [2.24, 2.45) is 0 Å². The molecule has 0 heterocycles. The van der Waals surface area contributed by atoms with Crippen LogP contribution in [0.2, 0.25) is 5.02 Å². The molecule has 0 fully saturated rings. The number of rotatable bonds is 6. The molecule has 0 spiro atoms. The minimum Gasteiger partial charge on any atom is -0.382 e. The van der Waals surface area contributed by atoms with Gasteiger partial charge in [-0.05, 0) is 25.0 Å². The van der Waals surface area contributed by atoms with E-state index in [1.165, 1.54) is 6.07 Å². The zero-order valence-electron chi connectivity index (χ0n) is 10.0. The molecule has 0 amide bonds. The standard InChI is InChI=1S/C13H16ClFO2/c1-9(17-2)6-7-11(16)8-10-4-3-5-12(15)13(10)14/h3-5,9H,6-8H2,1-2H3. The third-order valence-corrected chi connectivity index (χ3v) is 3.07. The van der Waals surface area contributed by atoms with Crippen LogP contribution in [0.5, 0.6) is 0 Å². The van der Waals surface area contributed by atoms with Gasteiger partial charge < -0.3 is 4.74 Å². The van der Waals surface area contributed by atoms with Crippen molar-refractivity contribution in [2.75, 3.05) is 7.11 Å². The number of hydrogen-bond donors (Lipinski definition) is 0. The summed E-state index contributed by atoms with van der Waals surface area (Å²) in [4.78, 5) is 11.7. The largest absolute Gasteiger partial charge is 0.382 e. The van der Waals surface area contributed by atoms with E-state index in [-0.39, 0.29) is 23.3 Å². The van der Waals surface area contributed by atoms with E-state index in [2.05, 4.69) is 0 Å². The van der Waals surface area contributed by atoms with Crippen molar-refractivity contribution in [3.63, 3.8) is 0 Å². The van der Waals surface area contributed by atoms with Crippen LogP contribution in [-0.2, 0) is 16.0 Å². The molecule has 1 aromatic rings. The van der Waals surface area contributed by atoms with E-state index in [0.717, 1.165) is 0 Å². The van der Waals surface area contributed by atoms with E-state index in [1.807, 2.05) is 6.92 Å². The number of ether oxygens (including phenoxy) is 1. The van der Waals surface area contributed by atoms with Crippen LogP contribution in [0.1, 0.15) is 25.3 Å². The summed E-state index contributed by atoms with van der Waals surface area (Å²) in [5.41, 5.74) is 0.543. The van der Waals surface area contributed by atoms with Gasteiger partial charge in [-0.2, -0.15) is 0 Å². The zero-order valence-corrected chi connectivity index (χ0v) is 10.8. The first-order valence-corrected chi connectivity index (χ1v) is 5.89. The lowest BCUT2D eigenvalue weighted by atomic mass is 10.0. The highest BCUT2D eigenvalue weighted by Gasteiger charge is 2.11. The van der Waals surface area contributed by atoms with Gasteiger partial charge in [0.2, 0.25) is 0 Å². The van der Waals surface area contributed by atoms with Crippen LogP contribution in [0.4, 0.5) is 4.39 Å². The van der Waals surface area contributed by atoms with Crippen LogP contribution in [-0.4, -0.2) is 19.0 Å². The average molecular weight is 259 g/mol. The van der Waals surface area contributed by atoms with Gasteiger partial charge >= 0.3 is 0 Å². The van der Waals surface area contributed by atoms with Gasteiger partial charge in [-0.25, -0.2) is 4.39 Å². The van der Waals surface area contributed by atoms with Crippen molar-refractivity contribution in [3.05, 3.63) is 34.6 Å². The highest BCUT2D eigenvalue weighted by atomic mass is 35.5. The van der Waals surface area contributed by atoms with Crippen molar-refractivity contribution in [1.29, 1.82) is 0 Å². The first kappa shape index (κ1) is 14.1. The molecule has 0 aromatic heterocycles. The summed E-state index contributed by atoms with van der Waals surface area (Å²) >= 11 is 5.78. The third kappa shape index (κ3) is 4.44. The molecule has 1 rings (SSSR count). The first-order valence-electron chi connectivity index (χ1n) is 5.52. The lowest BCUT2D eigenvalue weighted by molar-refractivity contribution is -0.119. The predicted molar refractivity (Wildman–Crippen MR) is 65.8 cm³/mol. The molecule has 1 unspecified atom stereocenters. The predicted octanol–water partition coefficient (Wildman–Crippen LogP) is 3.41. The Morgan fingerprint density at radius 1 is 1.53 bits per heavy atom. The van der Waals surface area contributed by atoms with Gasteiger partial charge in [-0.3, -0.25) is 4.79 Å². The summed E-state index contributed by atoms with van der Waals surface area (Å²) in [7, 11) is 1.61. The van der Waals surface area contributed by atoms with Crippen molar-refractivity contribution < 1.29 is 13.9 Å². The zero-order chi connectivity index (χ0) is 12.8. The molecule has 4 heteroatoms. The monoisotopic (exact) mass is 258 g/mol.